The van der Waals surface area contributed by atoms with Crippen molar-refractivity contribution in [2.24, 2.45) is 0 Å². The Morgan fingerprint density at radius 3 is 2.44 bits per heavy atom. The molecule has 2 aromatic rings. The van der Waals surface area contributed by atoms with Gasteiger partial charge in [-0.05, 0) is 68.7 Å². The van der Waals surface area contributed by atoms with Crippen molar-refractivity contribution >= 4 is 29.2 Å². The lowest BCUT2D eigenvalue weighted by Crippen LogP contribution is -2.32. The topological polar surface area (TPSA) is 64.6 Å². The summed E-state index contributed by atoms with van der Waals surface area (Å²) in [6, 6.07) is 10.3. The molecule has 0 bridgehead atoms. The Labute approximate surface area is 164 Å². The first-order valence-corrected chi connectivity index (χ1v) is 9.25. The lowest BCUT2D eigenvalue weighted by molar-refractivity contribution is -0.122. The summed E-state index contributed by atoms with van der Waals surface area (Å²) in [6.45, 7) is 7.64. The number of halogens is 1. The van der Waals surface area contributed by atoms with Gasteiger partial charge in [0.1, 0.15) is 5.75 Å². The highest BCUT2D eigenvalue weighted by atomic mass is 35.5. The van der Waals surface area contributed by atoms with Gasteiger partial charge in [0.15, 0.2) is 6.10 Å². The molecule has 27 heavy (non-hydrogen) atoms. The van der Waals surface area contributed by atoms with E-state index in [0.717, 1.165) is 11.1 Å². The van der Waals surface area contributed by atoms with E-state index in [0.29, 0.717) is 35.1 Å². The number of carbonyl (C=O) groups excluding carboxylic acids is 2. The molecule has 0 aliphatic heterocycles. The third-order valence-corrected chi connectivity index (χ3v) is 4.50. The molecule has 0 aromatic heterocycles. The van der Waals surface area contributed by atoms with Crippen LogP contribution in [0, 0.1) is 13.8 Å². The van der Waals surface area contributed by atoms with Gasteiger partial charge in [-0.15, -0.1) is 0 Å². The van der Waals surface area contributed by atoms with Crippen LogP contribution in [0.3, 0.4) is 0 Å². The van der Waals surface area contributed by atoms with Crippen LogP contribution in [-0.4, -0.2) is 24.6 Å². The molecule has 0 saturated heterocycles. The molecule has 0 saturated carbocycles. The number of amides is 1. The molecule has 0 radical (unpaired) electrons. The predicted octanol–water partition coefficient (Wildman–Crippen LogP) is 4.93. The summed E-state index contributed by atoms with van der Waals surface area (Å²) in [4.78, 5) is 24.6. The monoisotopic (exact) mass is 389 g/mol. The number of nitrogens with one attached hydrogen (secondary N) is 1. The van der Waals surface area contributed by atoms with Gasteiger partial charge < -0.3 is 14.8 Å². The largest absolute Gasteiger partial charge is 0.481 e. The van der Waals surface area contributed by atoms with E-state index in [2.05, 4.69) is 5.32 Å². The van der Waals surface area contributed by atoms with E-state index in [-0.39, 0.29) is 5.91 Å². The van der Waals surface area contributed by atoms with Crippen molar-refractivity contribution in [2.75, 3.05) is 11.9 Å². The summed E-state index contributed by atoms with van der Waals surface area (Å²) in [5, 5.41) is 3.49. The molecule has 0 fully saturated rings. The summed E-state index contributed by atoms with van der Waals surface area (Å²) < 4.78 is 10.8. The maximum Gasteiger partial charge on any atom is 0.338 e. The van der Waals surface area contributed by atoms with E-state index in [1.165, 1.54) is 0 Å². The van der Waals surface area contributed by atoms with Gasteiger partial charge in [0.05, 0.1) is 12.2 Å². The minimum atomic E-state index is -0.670. The van der Waals surface area contributed by atoms with Crippen LogP contribution in [0.5, 0.6) is 5.75 Å². The van der Waals surface area contributed by atoms with E-state index >= 15 is 0 Å². The molecule has 1 N–H and O–H groups in total. The summed E-state index contributed by atoms with van der Waals surface area (Å²) in [5.74, 6) is -0.127. The summed E-state index contributed by atoms with van der Waals surface area (Å²) in [6.07, 6.45) is -0.180. The van der Waals surface area contributed by atoms with Crippen molar-refractivity contribution in [2.45, 2.75) is 40.2 Å². The van der Waals surface area contributed by atoms with Crippen LogP contribution in [0.25, 0.3) is 0 Å². The highest BCUT2D eigenvalue weighted by Gasteiger charge is 2.20. The number of esters is 1. The standard InChI is InChI=1S/C21H24ClNO4/c1-5-19(27-16-9-10-17(22)14(4)11-16)20(24)23-18-12-15(8-7-13(18)3)21(25)26-6-2/h7-12,19H,5-6H2,1-4H3,(H,23,24)/t19-/m0/s1. The lowest BCUT2D eigenvalue weighted by atomic mass is 10.1. The molecule has 0 heterocycles. The molecule has 1 amide bonds. The molecular weight excluding hydrogens is 366 g/mol. The number of ether oxygens (including phenoxy) is 2. The van der Waals surface area contributed by atoms with Gasteiger partial charge in [-0.1, -0.05) is 24.6 Å². The Bertz CT molecular complexity index is 835. The number of aryl methyl sites for hydroxylation is 2. The molecule has 5 nitrogen and oxygen atoms in total. The number of anilines is 1. The predicted molar refractivity (Wildman–Crippen MR) is 107 cm³/mol. The minimum absolute atomic E-state index is 0.283. The fourth-order valence-electron chi connectivity index (χ4n) is 2.49. The Hall–Kier alpha value is -2.53. The second-order valence-electron chi connectivity index (χ2n) is 6.17. The maximum atomic E-state index is 12.7. The SMILES string of the molecule is CCOC(=O)c1ccc(C)c(NC(=O)[C@H](CC)Oc2ccc(Cl)c(C)c2)c1. The Morgan fingerprint density at radius 2 is 1.81 bits per heavy atom. The highest BCUT2D eigenvalue weighted by Crippen LogP contribution is 2.23. The second-order valence-corrected chi connectivity index (χ2v) is 6.57. The Kier molecular flexibility index (Phi) is 7.25. The van der Waals surface area contributed by atoms with E-state index < -0.39 is 12.1 Å². The van der Waals surface area contributed by atoms with Gasteiger partial charge in [0.2, 0.25) is 0 Å². The van der Waals surface area contributed by atoms with Crippen LogP contribution in [0.4, 0.5) is 5.69 Å². The van der Waals surface area contributed by atoms with Gasteiger partial charge >= 0.3 is 5.97 Å². The molecule has 2 rings (SSSR count). The van der Waals surface area contributed by atoms with Crippen LogP contribution in [0.15, 0.2) is 36.4 Å². The van der Waals surface area contributed by atoms with Crippen molar-refractivity contribution in [1.82, 2.24) is 0 Å². The number of hydrogen-bond donors (Lipinski definition) is 1. The van der Waals surface area contributed by atoms with E-state index in [9.17, 15) is 9.59 Å². The smallest absolute Gasteiger partial charge is 0.338 e. The fraction of sp³-hybridized carbons (Fsp3) is 0.333. The van der Waals surface area contributed by atoms with Crippen LogP contribution in [0.1, 0.15) is 41.8 Å². The Balaban J connectivity index is 2.15. The minimum Gasteiger partial charge on any atom is -0.481 e. The van der Waals surface area contributed by atoms with E-state index in [1.54, 1.807) is 43.3 Å². The zero-order valence-corrected chi connectivity index (χ0v) is 16.7. The van der Waals surface area contributed by atoms with Crippen molar-refractivity contribution in [3.05, 3.63) is 58.1 Å². The maximum absolute atomic E-state index is 12.7. The van der Waals surface area contributed by atoms with Gasteiger partial charge in [0.25, 0.3) is 5.91 Å². The van der Waals surface area contributed by atoms with E-state index in [4.69, 9.17) is 21.1 Å². The third kappa shape index (κ3) is 5.47. The molecular formula is C21H24ClNO4. The third-order valence-electron chi connectivity index (χ3n) is 4.08. The zero-order chi connectivity index (χ0) is 20.0. The molecule has 144 valence electrons. The highest BCUT2D eigenvalue weighted by molar-refractivity contribution is 6.31. The van der Waals surface area contributed by atoms with Gasteiger partial charge in [-0.25, -0.2) is 4.79 Å². The molecule has 0 aliphatic rings. The molecule has 6 heteroatoms. The molecule has 1 atom stereocenters. The Morgan fingerprint density at radius 1 is 1.07 bits per heavy atom. The number of carbonyl (C=O) groups is 2. The number of benzene rings is 2. The van der Waals surface area contributed by atoms with Crippen molar-refractivity contribution in [3.63, 3.8) is 0 Å². The van der Waals surface area contributed by atoms with Crippen molar-refractivity contribution in [3.8, 4) is 5.75 Å². The van der Waals surface area contributed by atoms with Crippen LogP contribution in [0.2, 0.25) is 5.02 Å². The molecule has 0 unspecified atom stereocenters. The van der Waals surface area contributed by atoms with Crippen LogP contribution in [-0.2, 0) is 9.53 Å². The molecule has 0 spiro atoms. The number of hydrogen-bond acceptors (Lipinski definition) is 4. The summed E-state index contributed by atoms with van der Waals surface area (Å²) >= 11 is 6.03. The first-order valence-electron chi connectivity index (χ1n) is 8.87. The van der Waals surface area contributed by atoms with Gasteiger partial charge in [-0.2, -0.15) is 0 Å². The van der Waals surface area contributed by atoms with Crippen LogP contribution < -0.4 is 10.1 Å². The average molecular weight is 390 g/mol. The fourth-order valence-corrected chi connectivity index (χ4v) is 2.61. The summed E-state index contributed by atoms with van der Waals surface area (Å²) in [7, 11) is 0. The first-order chi connectivity index (χ1) is 12.8. The van der Waals surface area contributed by atoms with Gasteiger partial charge in [0, 0.05) is 10.7 Å². The lowest BCUT2D eigenvalue weighted by Gasteiger charge is -2.19. The zero-order valence-electron chi connectivity index (χ0n) is 16.0. The van der Waals surface area contributed by atoms with Gasteiger partial charge in [-0.3, -0.25) is 4.79 Å². The number of rotatable bonds is 7. The van der Waals surface area contributed by atoms with Crippen LogP contribution >= 0.6 is 11.6 Å². The van der Waals surface area contributed by atoms with Crippen molar-refractivity contribution in [1.29, 1.82) is 0 Å². The van der Waals surface area contributed by atoms with Crippen molar-refractivity contribution < 1.29 is 19.1 Å². The summed E-state index contributed by atoms with van der Waals surface area (Å²) in [5.41, 5.74) is 2.66. The normalized spacial score (nSPS) is 11.6. The first kappa shape index (κ1) is 20.8. The quantitative estimate of drug-likeness (QED) is 0.682. The molecule has 2 aromatic carbocycles. The second kappa shape index (κ2) is 9.42. The van der Waals surface area contributed by atoms with E-state index in [1.807, 2.05) is 20.8 Å². The average Bonchev–Trinajstić information content (AvgIpc) is 2.64. The molecule has 0 aliphatic carbocycles.